The van der Waals surface area contributed by atoms with Crippen LogP contribution in [-0.2, 0) is 14.4 Å². The largest absolute Gasteiger partial charge is 0.481 e. The summed E-state index contributed by atoms with van der Waals surface area (Å²) < 4.78 is 0. The molecule has 9 heteroatoms. The molecule has 0 rings (SSSR count). The molecule has 3 atom stereocenters. The number of aliphatic hydroxyl groups excluding tert-OH is 1. The van der Waals surface area contributed by atoms with Crippen molar-refractivity contribution in [3.05, 3.63) is 0 Å². The minimum atomic E-state index is -3.55. The van der Waals surface area contributed by atoms with E-state index < -0.39 is 34.9 Å². The molecule has 0 saturated heterocycles. The molecule has 0 spiro atoms. The first-order valence-electron chi connectivity index (χ1n) is 3.88. The highest BCUT2D eigenvalue weighted by molar-refractivity contribution is 6.30. The Morgan fingerprint density at radius 2 is 1.50 bits per heavy atom. The number of aliphatic hydroxyl groups is 2. The number of carboxylic acids is 3. The zero-order valence-electron chi connectivity index (χ0n) is 8.12. The van der Waals surface area contributed by atoms with Crippen molar-refractivity contribution in [3.63, 3.8) is 0 Å². The van der Waals surface area contributed by atoms with Gasteiger partial charge in [-0.3, -0.25) is 4.79 Å². The second-order valence-corrected chi connectivity index (χ2v) is 3.32. The van der Waals surface area contributed by atoms with Crippen LogP contribution in [0.1, 0.15) is 6.92 Å². The van der Waals surface area contributed by atoms with Crippen LogP contribution in [0.5, 0.6) is 0 Å². The number of rotatable bonds is 5. The van der Waals surface area contributed by atoms with E-state index in [-0.39, 0.29) is 0 Å². The van der Waals surface area contributed by atoms with Crippen molar-refractivity contribution in [2.45, 2.75) is 23.9 Å². The van der Waals surface area contributed by atoms with E-state index in [0.717, 1.165) is 0 Å². The van der Waals surface area contributed by atoms with Gasteiger partial charge in [0, 0.05) is 0 Å². The third-order valence-corrected chi connectivity index (χ3v) is 2.19. The Balaban J connectivity index is 5.71. The van der Waals surface area contributed by atoms with Crippen LogP contribution >= 0.6 is 0 Å². The number of hydrogen-bond donors (Lipinski definition) is 5. The van der Waals surface area contributed by atoms with Gasteiger partial charge in [0.2, 0.25) is 5.60 Å². The topological polar surface area (TPSA) is 152 Å². The highest BCUT2D eigenvalue weighted by Gasteiger charge is 2.61. The molecule has 0 aromatic rings. The summed E-state index contributed by atoms with van der Waals surface area (Å²) in [4.78, 5) is 31.7. The lowest BCUT2D eigenvalue weighted by molar-refractivity contribution is -0.193. The smallest absolute Gasteiger partial charge is 0.339 e. The molecule has 16 heavy (non-hydrogen) atoms. The third-order valence-electron chi connectivity index (χ3n) is 2.19. The van der Waals surface area contributed by atoms with E-state index in [1.807, 2.05) is 0 Å². The van der Waals surface area contributed by atoms with Crippen molar-refractivity contribution >= 4 is 25.8 Å². The van der Waals surface area contributed by atoms with Gasteiger partial charge in [0.05, 0.1) is 13.2 Å². The highest BCUT2D eigenvalue weighted by Crippen LogP contribution is 2.38. The average Bonchev–Trinajstić information content (AvgIpc) is 2.14. The maximum atomic E-state index is 10.7. The number of hydrogen-bond acceptors (Lipinski definition) is 5. The Morgan fingerprint density at radius 3 is 1.69 bits per heavy atom. The average molecular weight is 232 g/mol. The molecule has 0 saturated carbocycles. The van der Waals surface area contributed by atoms with Gasteiger partial charge in [-0.2, -0.15) is 0 Å². The number of carboxylic acid groups (broad SMARTS) is 3. The molecule has 0 aromatic heterocycles. The lowest BCUT2D eigenvalue weighted by Gasteiger charge is -2.37. The van der Waals surface area contributed by atoms with E-state index in [0.29, 0.717) is 6.92 Å². The molecule has 0 amide bonds. The lowest BCUT2D eigenvalue weighted by atomic mass is 9.57. The zero-order valence-corrected chi connectivity index (χ0v) is 8.12. The van der Waals surface area contributed by atoms with Crippen LogP contribution in [0.15, 0.2) is 0 Å². The molecule has 8 nitrogen and oxygen atoms in total. The summed E-state index contributed by atoms with van der Waals surface area (Å²) in [6.45, 7) is 0.579. The number of aliphatic carboxylic acids is 3. The molecule has 0 aliphatic heterocycles. The second kappa shape index (κ2) is 4.10. The summed E-state index contributed by atoms with van der Waals surface area (Å²) in [6, 6.07) is 0. The summed E-state index contributed by atoms with van der Waals surface area (Å²) in [7, 11) is 5.02. The first-order chi connectivity index (χ1) is 6.99. The predicted octanol–water partition coefficient (Wildman–Crippen LogP) is -2.32. The fraction of sp³-hybridized carbons (Fsp3) is 0.571. The van der Waals surface area contributed by atoms with Crippen LogP contribution < -0.4 is 0 Å². The van der Waals surface area contributed by atoms with Gasteiger partial charge in [-0.1, -0.05) is 6.92 Å². The van der Waals surface area contributed by atoms with E-state index in [9.17, 15) is 19.5 Å². The standard InChI is InChI=1S/C7H9BO8/c1-6(8,4(12)13)7(16,5(14)15)2(9)3(10)11/h2,9,16H,1H3,(H,10,11)(H,12,13)(H,14,15). The number of carbonyl (C=O) groups is 3. The van der Waals surface area contributed by atoms with Crippen LogP contribution in [-0.4, -0.2) is 63.0 Å². The Hall–Kier alpha value is -1.61. The van der Waals surface area contributed by atoms with Crippen LogP contribution in [0.2, 0.25) is 5.31 Å². The molecule has 0 aliphatic carbocycles. The third kappa shape index (κ3) is 1.86. The Morgan fingerprint density at radius 1 is 1.12 bits per heavy atom. The van der Waals surface area contributed by atoms with Crippen LogP contribution in [0.4, 0.5) is 0 Å². The van der Waals surface area contributed by atoms with Gasteiger partial charge in [0.25, 0.3) is 0 Å². The summed E-state index contributed by atoms with van der Waals surface area (Å²) in [5, 5.41) is 41.3. The van der Waals surface area contributed by atoms with E-state index in [1.165, 1.54) is 0 Å². The Bertz CT molecular complexity index is 337. The molecule has 0 aliphatic rings. The first-order valence-corrected chi connectivity index (χ1v) is 3.88. The molecule has 0 bridgehead atoms. The highest BCUT2D eigenvalue weighted by atomic mass is 16.4. The molecule has 0 fully saturated rings. The zero-order chi connectivity index (χ0) is 13.3. The lowest BCUT2D eigenvalue weighted by Crippen LogP contribution is -2.62. The van der Waals surface area contributed by atoms with Crippen molar-refractivity contribution < 1.29 is 39.9 Å². The fourth-order valence-electron chi connectivity index (χ4n) is 0.965. The minimum Gasteiger partial charge on any atom is -0.481 e. The van der Waals surface area contributed by atoms with Gasteiger partial charge in [-0.05, 0) is 0 Å². The molecule has 3 unspecified atom stereocenters. The van der Waals surface area contributed by atoms with Crippen molar-refractivity contribution in [2.24, 2.45) is 0 Å². The van der Waals surface area contributed by atoms with Gasteiger partial charge in [0.1, 0.15) is 0 Å². The van der Waals surface area contributed by atoms with Gasteiger partial charge >= 0.3 is 17.9 Å². The maximum Gasteiger partial charge on any atom is 0.339 e. The van der Waals surface area contributed by atoms with Gasteiger partial charge in [-0.25, -0.2) is 9.59 Å². The summed E-state index contributed by atoms with van der Waals surface area (Å²) in [5.74, 6) is -6.34. The molecular formula is C7H9BO8. The summed E-state index contributed by atoms with van der Waals surface area (Å²) >= 11 is 0. The predicted molar refractivity (Wildman–Crippen MR) is 48.0 cm³/mol. The molecule has 2 radical (unpaired) electrons. The second-order valence-electron chi connectivity index (χ2n) is 3.32. The van der Waals surface area contributed by atoms with Gasteiger partial charge < -0.3 is 25.5 Å². The maximum absolute atomic E-state index is 10.7. The monoisotopic (exact) mass is 232 g/mol. The normalized spacial score (nSPS) is 20.2. The van der Waals surface area contributed by atoms with Crippen molar-refractivity contribution in [2.75, 3.05) is 0 Å². The SMILES string of the molecule is [B]C(C)(C(=O)O)C(O)(C(=O)O)C(O)C(=O)O. The quantitative estimate of drug-likeness (QED) is 0.331. The summed E-state index contributed by atoms with van der Waals surface area (Å²) in [6.07, 6.45) is -2.88. The Labute approximate surface area is 90.5 Å². The van der Waals surface area contributed by atoms with E-state index in [2.05, 4.69) is 0 Å². The van der Waals surface area contributed by atoms with Gasteiger partial charge in [0.15, 0.2) is 6.10 Å². The molecule has 0 aromatic carbocycles. The molecule has 5 N–H and O–H groups in total. The molecule has 0 heterocycles. The van der Waals surface area contributed by atoms with Crippen LogP contribution in [0.25, 0.3) is 0 Å². The fourth-order valence-corrected chi connectivity index (χ4v) is 0.965. The van der Waals surface area contributed by atoms with Crippen molar-refractivity contribution in [3.8, 4) is 0 Å². The van der Waals surface area contributed by atoms with Crippen LogP contribution in [0.3, 0.4) is 0 Å². The minimum absolute atomic E-state index is 0.579. The molecular weight excluding hydrogens is 223 g/mol. The first kappa shape index (κ1) is 14.4. The van der Waals surface area contributed by atoms with E-state index in [1.54, 1.807) is 0 Å². The van der Waals surface area contributed by atoms with E-state index >= 15 is 0 Å². The van der Waals surface area contributed by atoms with Crippen molar-refractivity contribution in [1.29, 1.82) is 0 Å². The van der Waals surface area contributed by atoms with Crippen LogP contribution in [0, 0.1) is 0 Å². The Kier molecular flexibility index (Phi) is 3.69. The van der Waals surface area contributed by atoms with Gasteiger partial charge in [-0.15, -0.1) is 0 Å². The van der Waals surface area contributed by atoms with Crippen molar-refractivity contribution in [1.82, 2.24) is 0 Å². The molecule has 88 valence electrons. The van der Waals surface area contributed by atoms with E-state index in [4.69, 9.17) is 28.3 Å². The summed E-state index contributed by atoms with van der Waals surface area (Å²) in [5.41, 5.74) is -3.55.